The summed E-state index contributed by atoms with van der Waals surface area (Å²) in [4.78, 5) is 26.3. The summed E-state index contributed by atoms with van der Waals surface area (Å²) in [5.74, 6) is -1.14. The van der Waals surface area contributed by atoms with Gasteiger partial charge in [-0.1, -0.05) is 0 Å². The second-order valence-electron chi connectivity index (χ2n) is 4.57. The van der Waals surface area contributed by atoms with Crippen LogP contribution >= 0.6 is 0 Å². The molecule has 1 heterocycles. The third-order valence-electron chi connectivity index (χ3n) is 3.11. The first kappa shape index (κ1) is 12.5. The van der Waals surface area contributed by atoms with E-state index in [9.17, 15) is 9.59 Å². The van der Waals surface area contributed by atoms with E-state index in [0.717, 1.165) is 6.42 Å². The van der Waals surface area contributed by atoms with E-state index in [1.165, 1.54) is 6.20 Å². The summed E-state index contributed by atoms with van der Waals surface area (Å²) in [5.41, 5.74) is 6.11. The molecular formula is C12H15N3O3. The summed E-state index contributed by atoms with van der Waals surface area (Å²) in [6.45, 7) is 0. The van der Waals surface area contributed by atoms with Gasteiger partial charge in [0.1, 0.15) is 0 Å². The minimum Gasteiger partial charge on any atom is -0.481 e. The van der Waals surface area contributed by atoms with E-state index < -0.39 is 11.5 Å². The van der Waals surface area contributed by atoms with Crippen LogP contribution in [0, 0.1) is 0 Å². The minimum atomic E-state index is -0.935. The molecule has 1 aliphatic rings. The summed E-state index contributed by atoms with van der Waals surface area (Å²) >= 11 is 0. The van der Waals surface area contributed by atoms with E-state index >= 15 is 0 Å². The molecule has 6 heteroatoms. The number of anilines is 1. The van der Waals surface area contributed by atoms with Gasteiger partial charge < -0.3 is 16.2 Å². The van der Waals surface area contributed by atoms with Crippen LogP contribution in [0.3, 0.4) is 0 Å². The van der Waals surface area contributed by atoms with Gasteiger partial charge in [0.05, 0.1) is 29.5 Å². The van der Waals surface area contributed by atoms with Crippen molar-refractivity contribution in [2.75, 3.05) is 5.32 Å². The Morgan fingerprint density at radius 3 is 2.61 bits per heavy atom. The summed E-state index contributed by atoms with van der Waals surface area (Å²) in [5, 5.41) is 11.3. The Labute approximate surface area is 104 Å². The van der Waals surface area contributed by atoms with Crippen LogP contribution in [0.4, 0.5) is 5.69 Å². The van der Waals surface area contributed by atoms with Gasteiger partial charge in [0.2, 0.25) is 5.91 Å². The number of nitrogens with one attached hydrogen (secondary N) is 1. The van der Waals surface area contributed by atoms with Crippen LogP contribution in [-0.4, -0.2) is 27.5 Å². The molecular weight excluding hydrogens is 234 g/mol. The zero-order chi connectivity index (χ0) is 13.2. The summed E-state index contributed by atoms with van der Waals surface area (Å²) < 4.78 is 0. The van der Waals surface area contributed by atoms with E-state index in [1.807, 2.05) is 0 Å². The molecule has 0 spiro atoms. The van der Waals surface area contributed by atoms with Crippen molar-refractivity contribution in [1.29, 1.82) is 0 Å². The molecule has 4 N–H and O–H groups in total. The smallest absolute Gasteiger partial charge is 0.309 e. The highest BCUT2D eigenvalue weighted by Crippen LogP contribution is 2.30. The fourth-order valence-electron chi connectivity index (χ4n) is 1.80. The molecule has 0 bridgehead atoms. The van der Waals surface area contributed by atoms with Gasteiger partial charge in [0.25, 0.3) is 0 Å². The number of nitrogens with zero attached hydrogens (tertiary/aromatic N) is 1. The molecule has 1 saturated carbocycles. The summed E-state index contributed by atoms with van der Waals surface area (Å²) in [6.07, 6.45) is 3.68. The first-order valence-electron chi connectivity index (χ1n) is 5.77. The summed E-state index contributed by atoms with van der Waals surface area (Å²) in [7, 11) is 0. The number of aliphatic carboxylic acids is 1. The Morgan fingerprint density at radius 2 is 2.17 bits per heavy atom. The monoisotopic (exact) mass is 249 g/mol. The maximum atomic E-state index is 11.8. The molecule has 18 heavy (non-hydrogen) atoms. The first-order valence-corrected chi connectivity index (χ1v) is 5.77. The average molecular weight is 249 g/mol. The van der Waals surface area contributed by atoms with Crippen molar-refractivity contribution in [1.82, 2.24) is 4.98 Å². The molecule has 0 aliphatic heterocycles. The molecule has 0 saturated heterocycles. The maximum absolute atomic E-state index is 11.8. The molecule has 1 fully saturated rings. The highest BCUT2D eigenvalue weighted by atomic mass is 16.4. The van der Waals surface area contributed by atoms with Gasteiger partial charge in [-0.05, 0) is 31.4 Å². The number of pyridine rings is 1. The average Bonchev–Trinajstić information content (AvgIpc) is 2.28. The van der Waals surface area contributed by atoms with Crippen LogP contribution < -0.4 is 11.1 Å². The molecule has 6 nitrogen and oxygen atoms in total. The lowest BCUT2D eigenvalue weighted by Crippen LogP contribution is -2.56. The van der Waals surface area contributed by atoms with Crippen molar-refractivity contribution in [3.63, 3.8) is 0 Å². The topological polar surface area (TPSA) is 105 Å². The fraction of sp³-hybridized carbons (Fsp3) is 0.417. The first-order chi connectivity index (χ1) is 8.49. The lowest BCUT2D eigenvalue weighted by Gasteiger charge is -2.36. The van der Waals surface area contributed by atoms with Crippen molar-refractivity contribution in [2.45, 2.75) is 31.2 Å². The standard InChI is InChI=1S/C12H15N3O3/c13-12(4-1-5-12)11(18)15-9-3-2-8(14-7-9)6-10(16)17/h2-3,7H,1,4-6,13H2,(H,15,18)(H,16,17). The highest BCUT2D eigenvalue weighted by molar-refractivity contribution is 5.98. The van der Waals surface area contributed by atoms with Crippen LogP contribution in [0.5, 0.6) is 0 Å². The van der Waals surface area contributed by atoms with Gasteiger partial charge in [-0.15, -0.1) is 0 Å². The third kappa shape index (κ3) is 2.65. The molecule has 0 atom stereocenters. The van der Waals surface area contributed by atoms with Crippen molar-refractivity contribution in [3.05, 3.63) is 24.0 Å². The molecule has 0 radical (unpaired) electrons. The number of hydrogen-bond acceptors (Lipinski definition) is 4. The van der Waals surface area contributed by atoms with E-state index in [4.69, 9.17) is 10.8 Å². The normalized spacial score (nSPS) is 16.7. The lowest BCUT2D eigenvalue weighted by molar-refractivity contribution is -0.136. The van der Waals surface area contributed by atoms with E-state index in [2.05, 4.69) is 10.3 Å². The van der Waals surface area contributed by atoms with Crippen LogP contribution in [0.15, 0.2) is 18.3 Å². The van der Waals surface area contributed by atoms with Crippen molar-refractivity contribution < 1.29 is 14.7 Å². The van der Waals surface area contributed by atoms with Crippen LogP contribution in [0.25, 0.3) is 0 Å². The molecule has 2 rings (SSSR count). The molecule has 96 valence electrons. The highest BCUT2D eigenvalue weighted by Gasteiger charge is 2.40. The minimum absolute atomic E-state index is 0.130. The second kappa shape index (κ2) is 4.73. The lowest BCUT2D eigenvalue weighted by atomic mass is 9.77. The predicted molar refractivity (Wildman–Crippen MR) is 65.0 cm³/mol. The van der Waals surface area contributed by atoms with Gasteiger partial charge in [0, 0.05) is 0 Å². The van der Waals surface area contributed by atoms with Gasteiger partial charge >= 0.3 is 5.97 Å². The zero-order valence-corrected chi connectivity index (χ0v) is 9.85. The van der Waals surface area contributed by atoms with Crippen LogP contribution in [0.1, 0.15) is 25.0 Å². The number of carbonyl (C=O) groups excluding carboxylic acids is 1. The van der Waals surface area contributed by atoms with E-state index in [1.54, 1.807) is 12.1 Å². The largest absolute Gasteiger partial charge is 0.481 e. The third-order valence-corrected chi connectivity index (χ3v) is 3.11. The Balaban J connectivity index is 1.97. The van der Waals surface area contributed by atoms with Crippen molar-refractivity contribution in [3.8, 4) is 0 Å². The Bertz CT molecular complexity index is 466. The quantitative estimate of drug-likeness (QED) is 0.721. The Kier molecular flexibility index (Phi) is 3.29. The fourth-order valence-corrected chi connectivity index (χ4v) is 1.80. The van der Waals surface area contributed by atoms with E-state index in [-0.39, 0.29) is 12.3 Å². The molecule has 1 aromatic rings. The van der Waals surface area contributed by atoms with Gasteiger partial charge in [-0.3, -0.25) is 14.6 Å². The van der Waals surface area contributed by atoms with E-state index in [0.29, 0.717) is 24.2 Å². The summed E-state index contributed by atoms with van der Waals surface area (Å²) in [6, 6.07) is 3.21. The number of aromatic nitrogens is 1. The number of nitrogens with two attached hydrogens (primary N) is 1. The molecule has 1 aromatic heterocycles. The number of rotatable bonds is 4. The molecule has 0 unspecified atom stereocenters. The van der Waals surface area contributed by atoms with Crippen LogP contribution in [-0.2, 0) is 16.0 Å². The van der Waals surface area contributed by atoms with Gasteiger partial charge in [-0.25, -0.2) is 0 Å². The number of amides is 1. The molecule has 0 aromatic carbocycles. The van der Waals surface area contributed by atoms with Gasteiger partial charge in [0.15, 0.2) is 0 Å². The SMILES string of the molecule is NC1(C(=O)Nc2ccc(CC(=O)O)nc2)CCC1. The Hall–Kier alpha value is -1.95. The molecule has 1 aliphatic carbocycles. The number of carbonyl (C=O) groups is 2. The van der Waals surface area contributed by atoms with Gasteiger partial charge in [-0.2, -0.15) is 0 Å². The van der Waals surface area contributed by atoms with Crippen LogP contribution in [0.2, 0.25) is 0 Å². The Morgan fingerprint density at radius 1 is 1.44 bits per heavy atom. The number of carboxylic acid groups (broad SMARTS) is 1. The van der Waals surface area contributed by atoms with Crippen molar-refractivity contribution in [2.24, 2.45) is 5.73 Å². The number of carboxylic acids is 1. The molecule has 1 amide bonds. The zero-order valence-electron chi connectivity index (χ0n) is 9.85. The maximum Gasteiger partial charge on any atom is 0.309 e. The predicted octanol–water partition coefficient (Wildman–Crippen LogP) is 0.529. The second-order valence-corrected chi connectivity index (χ2v) is 4.57. The van der Waals surface area contributed by atoms with Crippen molar-refractivity contribution >= 4 is 17.6 Å². The number of hydrogen-bond donors (Lipinski definition) is 3.